The number of aromatic amines is 1. The Morgan fingerprint density at radius 3 is 2.33 bits per heavy atom. The van der Waals surface area contributed by atoms with Crippen LogP contribution in [-0.4, -0.2) is 10.9 Å². The second-order valence-electron chi connectivity index (χ2n) is 6.97. The fourth-order valence-corrected chi connectivity index (χ4v) is 3.38. The third-order valence-corrected chi connectivity index (χ3v) is 4.93. The molecular formula is C24H22N2O. The zero-order valence-corrected chi connectivity index (χ0v) is 15.5. The zero-order valence-electron chi connectivity index (χ0n) is 15.5. The van der Waals surface area contributed by atoms with Crippen LogP contribution in [-0.2, 0) is 6.42 Å². The minimum atomic E-state index is -0.0878. The number of rotatable bonds is 4. The molecular weight excluding hydrogens is 332 g/mol. The fourth-order valence-electron chi connectivity index (χ4n) is 3.38. The number of carbonyl (C=O) groups excluding carboxylic acids is 1. The summed E-state index contributed by atoms with van der Waals surface area (Å²) >= 11 is 0. The third kappa shape index (κ3) is 3.63. The minimum absolute atomic E-state index is 0.0878. The third-order valence-electron chi connectivity index (χ3n) is 4.93. The molecule has 1 aromatic heterocycles. The van der Waals surface area contributed by atoms with Crippen molar-refractivity contribution in [2.75, 3.05) is 5.32 Å². The van der Waals surface area contributed by atoms with E-state index in [-0.39, 0.29) is 5.91 Å². The number of aromatic nitrogens is 1. The van der Waals surface area contributed by atoms with Crippen LogP contribution in [0, 0.1) is 13.8 Å². The summed E-state index contributed by atoms with van der Waals surface area (Å²) in [7, 11) is 0. The molecule has 0 saturated carbocycles. The van der Waals surface area contributed by atoms with Crippen molar-refractivity contribution in [3.8, 4) is 0 Å². The summed E-state index contributed by atoms with van der Waals surface area (Å²) in [6, 6.07) is 24.0. The molecule has 27 heavy (non-hydrogen) atoms. The summed E-state index contributed by atoms with van der Waals surface area (Å²) < 4.78 is 0. The molecule has 0 unspecified atom stereocenters. The summed E-state index contributed by atoms with van der Waals surface area (Å²) in [4.78, 5) is 15.8. The molecule has 0 aliphatic carbocycles. The van der Waals surface area contributed by atoms with E-state index in [2.05, 4.69) is 47.6 Å². The van der Waals surface area contributed by atoms with E-state index in [1.807, 2.05) is 49.4 Å². The highest BCUT2D eigenvalue weighted by molar-refractivity contribution is 6.04. The van der Waals surface area contributed by atoms with Gasteiger partial charge in [-0.05, 0) is 61.7 Å². The SMILES string of the molecule is Cc1ccc(C(=O)Nc2ccc(Cc3c(C)[nH]c4ccccc34)cc2)cc1. The van der Waals surface area contributed by atoms with Crippen molar-refractivity contribution in [3.63, 3.8) is 0 Å². The van der Waals surface area contributed by atoms with Gasteiger partial charge in [0.15, 0.2) is 0 Å². The van der Waals surface area contributed by atoms with E-state index in [9.17, 15) is 4.79 Å². The number of aryl methyl sites for hydroxylation is 2. The standard InChI is InChI=1S/C24H22N2O/c1-16-7-11-19(12-8-16)24(27)26-20-13-9-18(10-14-20)15-22-17(2)25-23-6-4-3-5-21(22)23/h3-14,25H,15H2,1-2H3,(H,26,27). The van der Waals surface area contributed by atoms with Gasteiger partial charge in [0.1, 0.15) is 0 Å². The van der Waals surface area contributed by atoms with Gasteiger partial charge in [0.05, 0.1) is 0 Å². The maximum atomic E-state index is 12.3. The van der Waals surface area contributed by atoms with Gasteiger partial charge in [0.25, 0.3) is 5.91 Å². The van der Waals surface area contributed by atoms with Crippen LogP contribution in [0.3, 0.4) is 0 Å². The van der Waals surface area contributed by atoms with Gasteiger partial charge in [-0.15, -0.1) is 0 Å². The first-order chi connectivity index (χ1) is 13.1. The van der Waals surface area contributed by atoms with E-state index in [0.29, 0.717) is 5.56 Å². The van der Waals surface area contributed by atoms with Crippen molar-refractivity contribution in [1.82, 2.24) is 4.98 Å². The number of H-pyrrole nitrogens is 1. The van der Waals surface area contributed by atoms with E-state index < -0.39 is 0 Å². The topological polar surface area (TPSA) is 44.9 Å². The molecule has 0 atom stereocenters. The Morgan fingerprint density at radius 1 is 0.889 bits per heavy atom. The number of benzene rings is 3. The maximum absolute atomic E-state index is 12.3. The average Bonchev–Trinajstić information content (AvgIpc) is 2.99. The van der Waals surface area contributed by atoms with Crippen molar-refractivity contribution in [2.24, 2.45) is 0 Å². The first kappa shape index (κ1) is 17.1. The molecule has 0 bridgehead atoms. The van der Waals surface area contributed by atoms with Gasteiger partial charge < -0.3 is 10.3 Å². The minimum Gasteiger partial charge on any atom is -0.358 e. The van der Waals surface area contributed by atoms with Crippen LogP contribution >= 0.6 is 0 Å². The number of anilines is 1. The molecule has 0 spiro atoms. The first-order valence-electron chi connectivity index (χ1n) is 9.13. The molecule has 3 nitrogen and oxygen atoms in total. The van der Waals surface area contributed by atoms with Gasteiger partial charge >= 0.3 is 0 Å². The van der Waals surface area contributed by atoms with Crippen molar-refractivity contribution in [1.29, 1.82) is 0 Å². The van der Waals surface area contributed by atoms with Crippen LogP contribution in [0.2, 0.25) is 0 Å². The Bertz CT molecular complexity index is 1090. The van der Waals surface area contributed by atoms with Crippen LogP contribution in [0.15, 0.2) is 72.8 Å². The molecule has 3 heteroatoms. The van der Waals surface area contributed by atoms with Gasteiger partial charge in [-0.1, -0.05) is 48.0 Å². The highest BCUT2D eigenvalue weighted by Crippen LogP contribution is 2.25. The molecule has 0 aliphatic rings. The Hall–Kier alpha value is -3.33. The van der Waals surface area contributed by atoms with Crippen LogP contribution in [0.5, 0.6) is 0 Å². The number of fused-ring (bicyclic) bond motifs is 1. The molecule has 1 amide bonds. The normalized spacial score (nSPS) is 10.9. The quantitative estimate of drug-likeness (QED) is 0.490. The Kier molecular flexibility index (Phi) is 4.51. The molecule has 1 heterocycles. The number of hydrogen-bond acceptors (Lipinski definition) is 1. The Balaban J connectivity index is 1.49. The van der Waals surface area contributed by atoms with Crippen LogP contribution in [0.4, 0.5) is 5.69 Å². The lowest BCUT2D eigenvalue weighted by molar-refractivity contribution is 0.102. The Morgan fingerprint density at radius 2 is 1.59 bits per heavy atom. The van der Waals surface area contributed by atoms with Crippen molar-refractivity contribution in [2.45, 2.75) is 20.3 Å². The molecule has 0 saturated heterocycles. The van der Waals surface area contributed by atoms with Crippen LogP contribution in [0.1, 0.15) is 32.7 Å². The number of amides is 1. The molecule has 3 aromatic carbocycles. The van der Waals surface area contributed by atoms with E-state index >= 15 is 0 Å². The first-order valence-corrected chi connectivity index (χ1v) is 9.13. The second-order valence-corrected chi connectivity index (χ2v) is 6.97. The number of carbonyl (C=O) groups is 1. The molecule has 2 N–H and O–H groups in total. The molecule has 4 aromatic rings. The van der Waals surface area contributed by atoms with Crippen molar-refractivity contribution >= 4 is 22.5 Å². The number of nitrogens with one attached hydrogen (secondary N) is 2. The summed E-state index contributed by atoms with van der Waals surface area (Å²) in [5.41, 5.74) is 7.53. The molecule has 4 rings (SSSR count). The average molecular weight is 354 g/mol. The van der Waals surface area contributed by atoms with Gasteiger partial charge in [-0.25, -0.2) is 0 Å². The highest BCUT2D eigenvalue weighted by atomic mass is 16.1. The lowest BCUT2D eigenvalue weighted by Crippen LogP contribution is -2.11. The predicted octanol–water partition coefficient (Wildman–Crippen LogP) is 5.63. The van der Waals surface area contributed by atoms with Gasteiger partial charge in [-0.2, -0.15) is 0 Å². The van der Waals surface area contributed by atoms with Crippen LogP contribution in [0.25, 0.3) is 10.9 Å². The van der Waals surface area contributed by atoms with Crippen molar-refractivity contribution < 1.29 is 4.79 Å². The largest absolute Gasteiger partial charge is 0.358 e. The van der Waals surface area contributed by atoms with Gasteiger partial charge in [-0.3, -0.25) is 4.79 Å². The van der Waals surface area contributed by atoms with E-state index in [4.69, 9.17) is 0 Å². The van der Waals surface area contributed by atoms with Gasteiger partial charge in [0.2, 0.25) is 0 Å². The molecule has 134 valence electrons. The summed E-state index contributed by atoms with van der Waals surface area (Å²) in [5, 5.41) is 4.23. The summed E-state index contributed by atoms with van der Waals surface area (Å²) in [6.07, 6.45) is 0.863. The maximum Gasteiger partial charge on any atom is 0.255 e. The smallest absolute Gasteiger partial charge is 0.255 e. The zero-order chi connectivity index (χ0) is 18.8. The second kappa shape index (κ2) is 7.12. The Labute approximate surface area is 159 Å². The summed E-state index contributed by atoms with van der Waals surface area (Å²) in [6.45, 7) is 4.13. The van der Waals surface area contributed by atoms with Crippen LogP contribution < -0.4 is 5.32 Å². The number of para-hydroxylation sites is 1. The van der Waals surface area contributed by atoms with E-state index in [0.717, 1.165) is 17.7 Å². The van der Waals surface area contributed by atoms with Crippen molar-refractivity contribution in [3.05, 3.63) is 101 Å². The lowest BCUT2D eigenvalue weighted by atomic mass is 10.0. The molecule has 0 aliphatic heterocycles. The monoisotopic (exact) mass is 354 g/mol. The fraction of sp³-hybridized carbons (Fsp3) is 0.125. The van der Waals surface area contributed by atoms with Gasteiger partial charge in [0, 0.05) is 27.8 Å². The predicted molar refractivity (Wildman–Crippen MR) is 111 cm³/mol. The molecule has 0 fully saturated rings. The van der Waals surface area contributed by atoms with E-state index in [1.165, 1.54) is 27.7 Å². The summed E-state index contributed by atoms with van der Waals surface area (Å²) in [5.74, 6) is -0.0878. The highest BCUT2D eigenvalue weighted by Gasteiger charge is 2.09. The lowest BCUT2D eigenvalue weighted by Gasteiger charge is -2.08. The molecule has 0 radical (unpaired) electrons. The number of hydrogen-bond donors (Lipinski definition) is 2. The van der Waals surface area contributed by atoms with E-state index in [1.54, 1.807) is 0 Å².